The first kappa shape index (κ1) is 16.9. The Kier molecular flexibility index (Phi) is 6.36. The van der Waals surface area contributed by atoms with Gasteiger partial charge in [-0.1, -0.05) is 19.0 Å². The van der Waals surface area contributed by atoms with Gasteiger partial charge in [-0.05, 0) is 38.8 Å². The molecular weight excluding hydrogens is 280 g/mol. The number of amides is 1. The van der Waals surface area contributed by atoms with Gasteiger partial charge in [0.1, 0.15) is 0 Å². The van der Waals surface area contributed by atoms with E-state index >= 15 is 0 Å². The van der Waals surface area contributed by atoms with E-state index in [0.717, 1.165) is 38.4 Å². The Morgan fingerprint density at radius 3 is 2.73 bits per heavy atom. The fourth-order valence-electron chi connectivity index (χ4n) is 2.80. The molecule has 1 aromatic heterocycles. The van der Waals surface area contributed by atoms with E-state index in [-0.39, 0.29) is 11.8 Å². The van der Waals surface area contributed by atoms with Gasteiger partial charge in [0.25, 0.3) is 0 Å². The second kappa shape index (κ2) is 8.27. The highest BCUT2D eigenvalue weighted by atomic mass is 16.5. The van der Waals surface area contributed by atoms with Gasteiger partial charge in [-0.3, -0.25) is 4.79 Å². The molecule has 0 spiro atoms. The number of carbonyl (C=O) groups is 1. The first-order valence-corrected chi connectivity index (χ1v) is 8.35. The Balaban J connectivity index is 1.71. The number of piperidine rings is 1. The third-order valence-corrected chi connectivity index (χ3v) is 4.32. The highest BCUT2D eigenvalue weighted by molar-refractivity contribution is 5.76. The number of carbonyl (C=O) groups excluding carboxylic acids is 1. The molecule has 1 saturated heterocycles. The predicted molar refractivity (Wildman–Crippen MR) is 84.6 cm³/mol. The van der Waals surface area contributed by atoms with Crippen molar-refractivity contribution in [3.63, 3.8) is 0 Å². The molecule has 1 fully saturated rings. The van der Waals surface area contributed by atoms with Crippen molar-refractivity contribution in [1.29, 1.82) is 0 Å². The minimum Gasteiger partial charge on any atom is -0.343 e. The number of hydrogen-bond acceptors (Lipinski definition) is 5. The van der Waals surface area contributed by atoms with Gasteiger partial charge in [0.05, 0.1) is 0 Å². The summed E-state index contributed by atoms with van der Waals surface area (Å²) in [5.41, 5.74) is 0. The van der Waals surface area contributed by atoms with Crippen molar-refractivity contribution in [2.75, 3.05) is 26.7 Å². The Morgan fingerprint density at radius 1 is 1.41 bits per heavy atom. The fourth-order valence-corrected chi connectivity index (χ4v) is 2.80. The van der Waals surface area contributed by atoms with Crippen LogP contribution in [0, 0.1) is 5.92 Å². The van der Waals surface area contributed by atoms with Gasteiger partial charge in [-0.25, -0.2) is 0 Å². The molecule has 0 bridgehead atoms. The Hall–Kier alpha value is -1.43. The summed E-state index contributed by atoms with van der Waals surface area (Å²) in [6.07, 6.45) is 4.44. The zero-order valence-corrected chi connectivity index (χ0v) is 14.0. The second-order valence-electron chi connectivity index (χ2n) is 6.42. The Labute approximate surface area is 132 Å². The maximum Gasteiger partial charge on any atom is 0.227 e. The van der Waals surface area contributed by atoms with Gasteiger partial charge >= 0.3 is 0 Å². The fraction of sp³-hybridized carbons (Fsp3) is 0.812. The number of nitrogens with zero attached hydrogens (tertiary/aromatic N) is 3. The Bertz CT molecular complexity index is 464. The zero-order valence-electron chi connectivity index (χ0n) is 14.0. The molecule has 2 heterocycles. The number of rotatable bonds is 7. The highest BCUT2D eigenvalue weighted by Crippen LogP contribution is 2.21. The zero-order chi connectivity index (χ0) is 15.9. The van der Waals surface area contributed by atoms with Crippen molar-refractivity contribution in [1.82, 2.24) is 20.4 Å². The molecule has 0 aliphatic carbocycles. The lowest BCUT2D eigenvalue weighted by Gasteiger charge is -2.32. The number of hydrogen-bond donors (Lipinski definition) is 1. The summed E-state index contributed by atoms with van der Waals surface area (Å²) in [4.78, 5) is 18.6. The van der Waals surface area contributed by atoms with E-state index in [1.165, 1.54) is 6.42 Å². The SMILES string of the molecule is CNCCC1CCN(C(=O)CCc2nc(C(C)C)no2)CC1. The number of nitrogens with one attached hydrogen (secondary N) is 1. The summed E-state index contributed by atoms with van der Waals surface area (Å²) in [7, 11) is 1.99. The van der Waals surface area contributed by atoms with E-state index in [0.29, 0.717) is 24.6 Å². The van der Waals surface area contributed by atoms with Crippen LogP contribution in [-0.2, 0) is 11.2 Å². The molecule has 1 aliphatic heterocycles. The molecule has 22 heavy (non-hydrogen) atoms. The standard InChI is InChI=1S/C16H28N4O2/c1-12(2)16-18-14(22-19-16)4-5-15(21)20-10-7-13(8-11-20)6-9-17-3/h12-13,17H,4-11H2,1-3H3. The lowest BCUT2D eigenvalue weighted by molar-refractivity contribution is -0.132. The summed E-state index contributed by atoms with van der Waals surface area (Å²) < 4.78 is 5.19. The average molecular weight is 308 g/mol. The van der Waals surface area contributed by atoms with Crippen LogP contribution in [0.2, 0.25) is 0 Å². The summed E-state index contributed by atoms with van der Waals surface area (Å²) >= 11 is 0. The largest absolute Gasteiger partial charge is 0.343 e. The maximum absolute atomic E-state index is 12.3. The number of aryl methyl sites for hydroxylation is 1. The summed E-state index contributed by atoms with van der Waals surface area (Å²) in [6.45, 7) is 6.88. The molecule has 0 radical (unpaired) electrons. The van der Waals surface area contributed by atoms with Crippen molar-refractivity contribution < 1.29 is 9.32 Å². The first-order chi connectivity index (χ1) is 10.6. The molecule has 0 atom stereocenters. The monoisotopic (exact) mass is 308 g/mol. The maximum atomic E-state index is 12.3. The van der Waals surface area contributed by atoms with Crippen LogP contribution < -0.4 is 5.32 Å². The van der Waals surface area contributed by atoms with Gasteiger partial charge in [0.2, 0.25) is 11.8 Å². The first-order valence-electron chi connectivity index (χ1n) is 8.35. The van der Waals surface area contributed by atoms with E-state index in [9.17, 15) is 4.79 Å². The van der Waals surface area contributed by atoms with E-state index in [1.54, 1.807) is 0 Å². The van der Waals surface area contributed by atoms with Crippen LogP contribution in [0.1, 0.15) is 57.2 Å². The predicted octanol–water partition coefficient (Wildman–Crippen LogP) is 1.97. The van der Waals surface area contributed by atoms with E-state index in [1.807, 2.05) is 25.8 Å². The molecule has 6 nitrogen and oxygen atoms in total. The lowest BCUT2D eigenvalue weighted by Crippen LogP contribution is -2.39. The Morgan fingerprint density at radius 2 is 2.14 bits per heavy atom. The molecule has 1 N–H and O–H groups in total. The average Bonchev–Trinajstić information content (AvgIpc) is 3.00. The third-order valence-electron chi connectivity index (χ3n) is 4.32. The summed E-state index contributed by atoms with van der Waals surface area (Å²) in [5, 5.41) is 7.12. The van der Waals surface area contributed by atoms with Crippen molar-refractivity contribution in [2.24, 2.45) is 5.92 Å². The van der Waals surface area contributed by atoms with Crippen molar-refractivity contribution in [3.8, 4) is 0 Å². The highest BCUT2D eigenvalue weighted by Gasteiger charge is 2.22. The van der Waals surface area contributed by atoms with Crippen LogP contribution in [-0.4, -0.2) is 47.6 Å². The third kappa shape index (κ3) is 4.80. The molecule has 0 saturated carbocycles. The summed E-state index contributed by atoms with van der Waals surface area (Å²) in [6, 6.07) is 0. The molecule has 0 aromatic carbocycles. The molecule has 1 aromatic rings. The molecule has 1 amide bonds. The van der Waals surface area contributed by atoms with Crippen molar-refractivity contribution >= 4 is 5.91 Å². The molecule has 2 rings (SSSR count). The lowest BCUT2D eigenvalue weighted by atomic mass is 9.93. The van der Waals surface area contributed by atoms with Crippen LogP contribution in [0.4, 0.5) is 0 Å². The second-order valence-corrected chi connectivity index (χ2v) is 6.42. The minimum absolute atomic E-state index is 0.205. The van der Waals surface area contributed by atoms with Crippen molar-refractivity contribution in [2.45, 2.75) is 51.9 Å². The van der Waals surface area contributed by atoms with Crippen LogP contribution in [0.3, 0.4) is 0 Å². The minimum atomic E-state index is 0.205. The van der Waals surface area contributed by atoms with Crippen molar-refractivity contribution in [3.05, 3.63) is 11.7 Å². The van der Waals surface area contributed by atoms with Gasteiger partial charge in [0, 0.05) is 31.8 Å². The molecule has 6 heteroatoms. The quantitative estimate of drug-likeness (QED) is 0.834. The molecule has 124 valence electrons. The summed E-state index contributed by atoms with van der Waals surface area (Å²) in [5.74, 6) is 2.50. The van der Waals surface area contributed by atoms with Gasteiger partial charge in [0.15, 0.2) is 5.82 Å². The number of aromatic nitrogens is 2. The van der Waals surface area contributed by atoms with Gasteiger partial charge in [-0.15, -0.1) is 0 Å². The molecule has 1 aliphatic rings. The smallest absolute Gasteiger partial charge is 0.227 e. The normalized spacial score (nSPS) is 16.5. The van der Waals surface area contributed by atoms with Crippen LogP contribution >= 0.6 is 0 Å². The molecule has 0 unspecified atom stereocenters. The van der Waals surface area contributed by atoms with E-state index < -0.39 is 0 Å². The van der Waals surface area contributed by atoms with Crippen LogP contribution in [0.25, 0.3) is 0 Å². The van der Waals surface area contributed by atoms with E-state index in [2.05, 4.69) is 15.5 Å². The molecular formula is C16H28N4O2. The van der Waals surface area contributed by atoms with Gasteiger partial charge < -0.3 is 14.7 Å². The van der Waals surface area contributed by atoms with E-state index in [4.69, 9.17) is 4.52 Å². The topological polar surface area (TPSA) is 71.3 Å². The number of likely N-dealkylation sites (tertiary alicyclic amines) is 1. The van der Waals surface area contributed by atoms with Gasteiger partial charge in [-0.2, -0.15) is 4.98 Å². The van der Waals surface area contributed by atoms with Crippen LogP contribution in [0.15, 0.2) is 4.52 Å². The van der Waals surface area contributed by atoms with Crippen LogP contribution in [0.5, 0.6) is 0 Å².